The second kappa shape index (κ2) is 2.55. The summed E-state index contributed by atoms with van der Waals surface area (Å²) in [7, 11) is 1.84. The Morgan fingerprint density at radius 1 is 1.58 bits per heavy atom. The number of carbonyl (C=O) groups is 1. The Labute approximate surface area is 69.9 Å². The third kappa shape index (κ3) is 0.958. The first-order chi connectivity index (χ1) is 5.79. The molecular weight excluding hydrogens is 154 g/mol. The van der Waals surface area contributed by atoms with E-state index in [0.717, 1.165) is 12.0 Å². The maximum absolute atomic E-state index is 11.3. The van der Waals surface area contributed by atoms with Crippen molar-refractivity contribution in [1.29, 1.82) is 0 Å². The molecule has 0 fully saturated rings. The van der Waals surface area contributed by atoms with E-state index in [0.29, 0.717) is 12.2 Å². The molecule has 0 amide bonds. The molecule has 1 heterocycles. The molecule has 0 N–H and O–H groups in total. The van der Waals surface area contributed by atoms with Crippen LogP contribution in [0.15, 0.2) is 12.4 Å². The Kier molecular flexibility index (Phi) is 1.53. The molecule has 0 spiro atoms. The van der Waals surface area contributed by atoms with Gasteiger partial charge in [-0.3, -0.25) is 4.79 Å². The molecule has 0 radical (unpaired) electrons. The molecule has 1 aromatic rings. The van der Waals surface area contributed by atoms with E-state index in [-0.39, 0.29) is 5.78 Å². The number of aryl methyl sites for hydroxylation is 1. The van der Waals surface area contributed by atoms with Gasteiger partial charge in [-0.25, -0.2) is 0 Å². The van der Waals surface area contributed by atoms with Crippen molar-refractivity contribution >= 4 is 11.4 Å². The molecule has 12 heavy (non-hydrogen) atoms. The van der Waals surface area contributed by atoms with Crippen molar-refractivity contribution in [3.05, 3.63) is 18.2 Å². The van der Waals surface area contributed by atoms with Crippen LogP contribution >= 0.6 is 0 Å². The predicted molar refractivity (Wildman–Crippen MR) is 43.2 cm³/mol. The van der Waals surface area contributed by atoms with E-state index in [1.54, 1.807) is 10.9 Å². The molecule has 62 valence electrons. The largest absolute Gasteiger partial charge is 0.317 e. The van der Waals surface area contributed by atoms with Crippen LogP contribution in [0, 0.1) is 0 Å². The summed E-state index contributed by atoms with van der Waals surface area (Å²) in [6.45, 7) is 0. The molecule has 0 saturated heterocycles. The fraction of sp³-hybridized carbons (Fsp3) is 0.375. The van der Waals surface area contributed by atoms with Crippen molar-refractivity contribution < 1.29 is 4.79 Å². The van der Waals surface area contributed by atoms with Gasteiger partial charge in [-0.15, -0.1) is 10.2 Å². The summed E-state index contributed by atoms with van der Waals surface area (Å²) < 4.78 is 1.76. The van der Waals surface area contributed by atoms with Gasteiger partial charge in [-0.2, -0.15) is 0 Å². The number of nitrogens with zero attached hydrogens (tertiary/aromatic N) is 3. The molecule has 1 aliphatic carbocycles. The molecule has 4 nitrogen and oxygen atoms in total. The highest BCUT2D eigenvalue weighted by Gasteiger charge is 2.20. The standard InChI is InChI=1S/C8H9N3O/c1-11-5-9-10-8(11)6-3-2-4-7(6)12/h3,5H,2,4H2,1H3. The lowest BCUT2D eigenvalue weighted by molar-refractivity contribution is -0.113. The van der Waals surface area contributed by atoms with Crippen molar-refractivity contribution in [3.8, 4) is 0 Å². The molecule has 1 aliphatic rings. The summed E-state index contributed by atoms with van der Waals surface area (Å²) in [6.07, 6.45) is 4.97. The molecule has 0 unspecified atom stereocenters. The summed E-state index contributed by atoms with van der Waals surface area (Å²) >= 11 is 0. The quantitative estimate of drug-likeness (QED) is 0.607. The van der Waals surface area contributed by atoms with E-state index in [9.17, 15) is 4.79 Å². The van der Waals surface area contributed by atoms with Crippen LogP contribution in [0.2, 0.25) is 0 Å². The third-order valence-corrected chi connectivity index (χ3v) is 1.97. The Balaban J connectivity index is 2.43. The molecule has 4 heteroatoms. The highest BCUT2D eigenvalue weighted by molar-refractivity contribution is 6.21. The van der Waals surface area contributed by atoms with Gasteiger partial charge < -0.3 is 4.57 Å². The van der Waals surface area contributed by atoms with Crippen LogP contribution in [-0.4, -0.2) is 20.5 Å². The van der Waals surface area contributed by atoms with E-state index in [1.165, 1.54) is 0 Å². The van der Waals surface area contributed by atoms with Gasteiger partial charge in [0.05, 0.1) is 5.57 Å². The normalized spacial score (nSPS) is 16.8. The molecule has 0 saturated carbocycles. The van der Waals surface area contributed by atoms with Crippen LogP contribution < -0.4 is 0 Å². The van der Waals surface area contributed by atoms with Crippen LogP contribution in [0.5, 0.6) is 0 Å². The zero-order valence-corrected chi connectivity index (χ0v) is 6.82. The SMILES string of the molecule is Cn1cnnc1C1=CCCC1=O. The van der Waals surface area contributed by atoms with Crippen molar-refractivity contribution in [1.82, 2.24) is 14.8 Å². The lowest BCUT2D eigenvalue weighted by atomic mass is 10.2. The minimum Gasteiger partial charge on any atom is -0.317 e. The first-order valence-corrected chi connectivity index (χ1v) is 3.87. The maximum atomic E-state index is 11.3. The van der Waals surface area contributed by atoms with Gasteiger partial charge in [0, 0.05) is 13.5 Å². The highest BCUT2D eigenvalue weighted by Crippen LogP contribution is 2.21. The fourth-order valence-corrected chi connectivity index (χ4v) is 1.34. The first kappa shape index (κ1) is 7.21. The monoisotopic (exact) mass is 163 g/mol. The Morgan fingerprint density at radius 2 is 2.42 bits per heavy atom. The third-order valence-electron chi connectivity index (χ3n) is 1.97. The molecule has 2 rings (SSSR count). The number of carbonyl (C=O) groups excluding carboxylic acids is 1. The van der Waals surface area contributed by atoms with Gasteiger partial charge in [0.25, 0.3) is 0 Å². The number of aromatic nitrogens is 3. The summed E-state index contributed by atoms with van der Waals surface area (Å²) in [5.74, 6) is 0.851. The van der Waals surface area contributed by atoms with Gasteiger partial charge >= 0.3 is 0 Å². The topological polar surface area (TPSA) is 47.8 Å². The second-order valence-corrected chi connectivity index (χ2v) is 2.85. The zero-order valence-electron chi connectivity index (χ0n) is 6.82. The summed E-state index contributed by atoms with van der Waals surface area (Å²) in [5.41, 5.74) is 0.718. The van der Waals surface area contributed by atoms with E-state index < -0.39 is 0 Å². The summed E-state index contributed by atoms with van der Waals surface area (Å²) in [6, 6.07) is 0. The van der Waals surface area contributed by atoms with E-state index in [1.807, 2.05) is 13.1 Å². The van der Waals surface area contributed by atoms with Crippen LogP contribution in [0.1, 0.15) is 18.7 Å². The van der Waals surface area contributed by atoms with Crippen LogP contribution in [-0.2, 0) is 11.8 Å². The highest BCUT2D eigenvalue weighted by atomic mass is 16.1. The minimum atomic E-state index is 0.172. The molecule has 0 bridgehead atoms. The summed E-state index contributed by atoms with van der Waals surface area (Å²) in [4.78, 5) is 11.3. The molecule has 0 aliphatic heterocycles. The van der Waals surface area contributed by atoms with Crippen molar-refractivity contribution in [2.75, 3.05) is 0 Å². The van der Waals surface area contributed by atoms with Crippen LogP contribution in [0.4, 0.5) is 0 Å². The predicted octanol–water partition coefficient (Wildman–Crippen LogP) is 0.561. The van der Waals surface area contributed by atoms with E-state index in [2.05, 4.69) is 10.2 Å². The number of allylic oxidation sites excluding steroid dienone is 2. The van der Waals surface area contributed by atoms with E-state index >= 15 is 0 Å². The average molecular weight is 163 g/mol. The van der Waals surface area contributed by atoms with Crippen LogP contribution in [0.3, 0.4) is 0 Å². The van der Waals surface area contributed by atoms with Gasteiger partial charge in [0.1, 0.15) is 6.33 Å². The first-order valence-electron chi connectivity index (χ1n) is 3.87. The Hall–Kier alpha value is -1.45. The number of rotatable bonds is 1. The van der Waals surface area contributed by atoms with Gasteiger partial charge in [-0.05, 0) is 6.42 Å². The molecule has 0 aromatic carbocycles. The van der Waals surface area contributed by atoms with Gasteiger partial charge in [0.15, 0.2) is 11.6 Å². The fourth-order valence-electron chi connectivity index (χ4n) is 1.34. The minimum absolute atomic E-state index is 0.172. The van der Waals surface area contributed by atoms with E-state index in [4.69, 9.17) is 0 Å². The lowest BCUT2D eigenvalue weighted by Gasteiger charge is -1.97. The smallest absolute Gasteiger partial charge is 0.166 e. The number of hydrogen-bond donors (Lipinski definition) is 0. The Morgan fingerprint density at radius 3 is 2.92 bits per heavy atom. The van der Waals surface area contributed by atoms with Crippen molar-refractivity contribution in [2.24, 2.45) is 7.05 Å². The zero-order chi connectivity index (χ0) is 8.55. The maximum Gasteiger partial charge on any atom is 0.166 e. The number of ketones is 1. The Bertz CT molecular complexity index is 351. The number of hydrogen-bond acceptors (Lipinski definition) is 3. The van der Waals surface area contributed by atoms with Gasteiger partial charge in [-0.1, -0.05) is 6.08 Å². The average Bonchev–Trinajstić information content (AvgIpc) is 2.59. The summed E-state index contributed by atoms with van der Waals surface area (Å²) in [5, 5.41) is 7.59. The lowest BCUT2D eigenvalue weighted by Crippen LogP contribution is -2.01. The van der Waals surface area contributed by atoms with Gasteiger partial charge in [0.2, 0.25) is 0 Å². The van der Waals surface area contributed by atoms with Crippen molar-refractivity contribution in [3.63, 3.8) is 0 Å². The molecular formula is C8H9N3O. The van der Waals surface area contributed by atoms with Crippen LogP contribution in [0.25, 0.3) is 5.57 Å². The molecule has 0 atom stereocenters. The second-order valence-electron chi connectivity index (χ2n) is 2.85. The molecule has 1 aromatic heterocycles. The van der Waals surface area contributed by atoms with Crippen molar-refractivity contribution in [2.45, 2.75) is 12.8 Å². The number of Topliss-reactive ketones (excluding diaryl/α,β-unsaturated/α-hetero) is 1.